The third-order valence-electron chi connectivity index (χ3n) is 3.91. The van der Waals surface area contributed by atoms with Crippen molar-refractivity contribution in [1.29, 1.82) is 0 Å². The second-order valence-corrected chi connectivity index (χ2v) is 5.47. The molecule has 0 aromatic carbocycles. The lowest BCUT2D eigenvalue weighted by Gasteiger charge is -2.13. The summed E-state index contributed by atoms with van der Waals surface area (Å²) in [5, 5.41) is 0. The molecule has 0 amide bonds. The highest BCUT2D eigenvalue weighted by molar-refractivity contribution is 5.13. The molecule has 0 aromatic heterocycles. The Labute approximate surface area is 100 Å². The first-order valence-electron chi connectivity index (χ1n) is 7.20. The van der Waals surface area contributed by atoms with Crippen LogP contribution in [0.5, 0.6) is 0 Å². The van der Waals surface area contributed by atoms with Gasteiger partial charge in [0.25, 0.3) is 0 Å². The Morgan fingerprint density at radius 2 is 1.69 bits per heavy atom. The lowest BCUT2D eigenvalue weighted by molar-refractivity contribution is 0.0577. The highest BCUT2D eigenvalue weighted by Gasteiger charge is 2.26. The van der Waals surface area contributed by atoms with Gasteiger partial charge in [0.2, 0.25) is 0 Å². The van der Waals surface area contributed by atoms with E-state index in [-0.39, 0.29) is 0 Å². The second-order valence-electron chi connectivity index (χ2n) is 5.47. The topological polar surface area (TPSA) is 9.23 Å². The summed E-state index contributed by atoms with van der Waals surface area (Å²) >= 11 is 0. The molecule has 0 radical (unpaired) electrons. The van der Waals surface area contributed by atoms with Crippen molar-refractivity contribution in [2.45, 2.75) is 83.3 Å². The largest absolute Gasteiger partial charge is 0.371 e. The van der Waals surface area contributed by atoms with E-state index in [0.29, 0.717) is 12.2 Å². The molecule has 2 unspecified atom stereocenters. The van der Waals surface area contributed by atoms with Crippen molar-refractivity contribution >= 4 is 0 Å². The smallest absolute Gasteiger partial charge is 0.0789 e. The number of allylic oxidation sites excluding steroid dienone is 1. The van der Waals surface area contributed by atoms with Crippen LogP contribution in [-0.2, 0) is 4.74 Å². The van der Waals surface area contributed by atoms with Gasteiger partial charge in [-0.15, -0.1) is 0 Å². The summed E-state index contributed by atoms with van der Waals surface area (Å²) in [6, 6.07) is 0. The Hall–Kier alpha value is -0.300. The van der Waals surface area contributed by atoms with Gasteiger partial charge in [0.05, 0.1) is 12.2 Å². The molecule has 1 saturated heterocycles. The highest BCUT2D eigenvalue weighted by Crippen LogP contribution is 2.30. The summed E-state index contributed by atoms with van der Waals surface area (Å²) in [7, 11) is 0. The van der Waals surface area contributed by atoms with Crippen molar-refractivity contribution in [3.63, 3.8) is 0 Å². The third-order valence-corrected chi connectivity index (χ3v) is 3.91. The van der Waals surface area contributed by atoms with Gasteiger partial charge < -0.3 is 4.74 Å². The third kappa shape index (κ3) is 3.62. The van der Waals surface area contributed by atoms with E-state index >= 15 is 0 Å². The average molecular weight is 222 g/mol. The van der Waals surface area contributed by atoms with Gasteiger partial charge in [-0.2, -0.15) is 0 Å². The minimum Gasteiger partial charge on any atom is -0.371 e. The molecule has 16 heavy (non-hydrogen) atoms. The van der Waals surface area contributed by atoms with Gasteiger partial charge >= 0.3 is 0 Å². The molecule has 2 atom stereocenters. The fraction of sp³-hybridized carbons (Fsp3) is 0.867. The van der Waals surface area contributed by atoms with Gasteiger partial charge in [-0.1, -0.05) is 44.6 Å². The molecule has 0 aromatic rings. The standard InChI is InChI=1S/C15H26O/c1-13-12-14-10-8-6-4-2-3-5-7-9-11-15(14)16-13/h10,13,15H,2-9,11-12H2,1H3. The van der Waals surface area contributed by atoms with Crippen LogP contribution in [0.2, 0.25) is 0 Å². The first-order valence-corrected chi connectivity index (χ1v) is 7.20. The van der Waals surface area contributed by atoms with E-state index in [1.807, 2.05) is 0 Å². The molecule has 0 bridgehead atoms. The number of hydrogen-bond acceptors (Lipinski definition) is 1. The van der Waals surface area contributed by atoms with Crippen LogP contribution in [0.4, 0.5) is 0 Å². The van der Waals surface area contributed by atoms with Crippen LogP contribution < -0.4 is 0 Å². The molecule has 92 valence electrons. The van der Waals surface area contributed by atoms with Crippen molar-refractivity contribution in [2.24, 2.45) is 0 Å². The summed E-state index contributed by atoms with van der Waals surface area (Å²) in [6.07, 6.45) is 17.0. The van der Waals surface area contributed by atoms with E-state index in [9.17, 15) is 0 Å². The molecule has 1 aliphatic heterocycles. The minimum absolute atomic E-state index is 0.460. The normalized spacial score (nSPS) is 33.4. The maximum absolute atomic E-state index is 6.00. The van der Waals surface area contributed by atoms with E-state index in [1.54, 1.807) is 5.57 Å². The summed E-state index contributed by atoms with van der Waals surface area (Å²) in [5.74, 6) is 0. The van der Waals surface area contributed by atoms with Crippen molar-refractivity contribution < 1.29 is 4.74 Å². The Morgan fingerprint density at radius 3 is 2.50 bits per heavy atom. The van der Waals surface area contributed by atoms with E-state index in [4.69, 9.17) is 4.74 Å². The Balaban J connectivity index is 1.91. The first kappa shape index (κ1) is 12.2. The van der Waals surface area contributed by atoms with Crippen LogP contribution in [0.15, 0.2) is 11.6 Å². The van der Waals surface area contributed by atoms with Crippen molar-refractivity contribution in [1.82, 2.24) is 0 Å². The molecule has 1 heterocycles. The molecule has 1 aliphatic carbocycles. The molecule has 1 heteroatoms. The van der Waals surface area contributed by atoms with Crippen LogP contribution in [0.25, 0.3) is 0 Å². The summed E-state index contributed by atoms with van der Waals surface area (Å²) < 4.78 is 6.00. The molecule has 1 fully saturated rings. The molecule has 1 nitrogen and oxygen atoms in total. The Morgan fingerprint density at radius 1 is 1.00 bits per heavy atom. The van der Waals surface area contributed by atoms with Gasteiger partial charge in [0.1, 0.15) is 0 Å². The van der Waals surface area contributed by atoms with Gasteiger partial charge in [0.15, 0.2) is 0 Å². The Kier molecular flexibility index (Phi) is 4.90. The summed E-state index contributed by atoms with van der Waals surface area (Å²) in [4.78, 5) is 0. The number of fused-ring (bicyclic) bond motifs is 1. The molecular formula is C15H26O. The van der Waals surface area contributed by atoms with Gasteiger partial charge in [0, 0.05) is 0 Å². The molecular weight excluding hydrogens is 196 g/mol. The predicted octanol–water partition coefficient (Wildman–Crippen LogP) is 4.61. The van der Waals surface area contributed by atoms with Gasteiger partial charge in [-0.05, 0) is 38.2 Å². The molecule has 0 saturated carbocycles. The summed E-state index contributed by atoms with van der Waals surface area (Å²) in [6.45, 7) is 2.21. The van der Waals surface area contributed by atoms with Crippen LogP contribution >= 0.6 is 0 Å². The van der Waals surface area contributed by atoms with Crippen molar-refractivity contribution in [3.05, 3.63) is 11.6 Å². The van der Waals surface area contributed by atoms with Crippen molar-refractivity contribution in [3.8, 4) is 0 Å². The zero-order valence-corrected chi connectivity index (χ0v) is 10.7. The minimum atomic E-state index is 0.460. The molecule has 2 aliphatic rings. The number of ether oxygens (including phenoxy) is 1. The average Bonchev–Trinajstić information content (AvgIpc) is 2.59. The van der Waals surface area contributed by atoms with Gasteiger partial charge in [-0.25, -0.2) is 0 Å². The van der Waals surface area contributed by atoms with Crippen molar-refractivity contribution in [2.75, 3.05) is 0 Å². The van der Waals surface area contributed by atoms with Crippen LogP contribution in [0, 0.1) is 0 Å². The molecule has 0 N–H and O–H groups in total. The SMILES string of the molecule is CC1CC2=CCCCCCCCCCC2O1. The number of hydrogen-bond donors (Lipinski definition) is 0. The summed E-state index contributed by atoms with van der Waals surface area (Å²) in [5.41, 5.74) is 1.60. The maximum Gasteiger partial charge on any atom is 0.0789 e. The first-order chi connectivity index (χ1) is 7.86. The van der Waals surface area contributed by atoms with E-state index < -0.39 is 0 Å². The maximum atomic E-state index is 6.00. The molecule has 0 spiro atoms. The fourth-order valence-corrected chi connectivity index (χ4v) is 2.99. The zero-order chi connectivity index (χ0) is 11.2. The predicted molar refractivity (Wildman–Crippen MR) is 68.6 cm³/mol. The lowest BCUT2D eigenvalue weighted by atomic mass is 9.97. The van der Waals surface area contributed by atoms with Gasteiger partial charge in [-0.3, -0.25) is 0 Å². The lowest BCUT2D eigenvalue weighted by Crippen LogP contribution is -2.09. The number of rotatable bonds is 0. The van der Waals surface area contributed by atoms with E-state index in [2.05, 4.69) is 13.0 Å². The van der Waals surface area contributed by atoms with Crippen LogP contribution in [-0.4, -0.2) is 12.2 Å². The fourth-order valence-electron chi connectivity index (χ4n) is 2.99. The second kappa shape index (κ2) is 6.44. The van der Waals surface area contributed by atoms with E-state index in [1.165, 1.54) is 64.2 Å². The monoisotopic (exact) mass is 222 g/mol. The molecule has 2 rings (SSSR count). The zero-order valence-electron chi connectivity index (χ0n) is 10.7. The highest BCUT2D eigenvalue weighted by atomic mass is 16.5. The van der Waals surface area contributed by atoms with E-state index in [0.717, 1.165) is 0 Å². The van der Waals surface area contributed by atoms with Crippen LogP contribution in [0.1, 0.15) is 71.1 Å². The van der Waals surface area contributed by atoms with Crippen LogP contribution in [0.3, 0.4) is 0 Å². The Bertz CT molecular complexity index is 232. The quantitative estimate of drug-likeness (QED) is 0.544.